The molecule has 1 aliphatic rings. The maximum Gasteiger partial charge on any atom is 0.218 e. The number of benzene rings is 1. The van der Waals surface area contributed by atoms with Crippen molar-refractivity contribution in [2.75, 3.05) is 49.1 Å². The van der Waals surface area contributed by atoms with Crippen molar-refractivity contribution in [3.63, 3.8) is 0 Å². The highest BCUT2D eigenvalue weighted by molar-refractivity contribution is 7.17. The number of rotatable bonds is 7. The van der Waals surface area contributed by atoms with E-state index in [1.807, 2.05) is 12.1 Å². The van der Waals surface area contributed by atoms with Crippen LogP contribution in [0.5, 0.6) is 0 Å². The smallest absolute Gasteiger partial charge is 0.218 e. The van der Waals surface area contributed by atoms with Crippen LogP contribution in [0.25, 0.3) is 5.13 Å². The second-order valence-electron chi connectivity index (χ2n) is 7.15. The van der Waals surface area contributed by atoms with Crippen LogP contribution in [0.2, 0.25) is 0 Å². The van der Waals surface area contributed by atoms with Gasteiger partial charge in [0.25, 0.3) is 0 Å². The Morgan fingerprint density at radius 1 is 1.00 bits per heavy atom. The molecule has 2 aromatic heterocycles. The number of aromatic nitrogens is 3. The molecule has 1 aromatic carbocycles. The Morgan fingerprint density at radius 3 is 2.41 bits per heavy atom. The molecule has 1 saturated heterocycles. The molecule has 0 radical (unpaired) electrons. The number of halogens is 1. The molecule has 0 N–H and O–H groups in total. The Bertz CT molecular complexity index is 909. The Kier molecular flexibility index (Phi) is 6.10. The number of hydrogen-bond donors (Lipinski definition) is 0. The van der Waals surface area contributed by atoms with Gasteiger partial charge in [-0.1, -0.05) is 11.3 Å². The zero-order chi connectivity index (χ0) is 20.2. The van der Waals surface area contributed by atoms with Crippen molar-refractivity contribution in [1.29, 1.82) is 0 Å². The van der Waals surface area contributed by atoms with Crippen LogP contribution in [0, 0.1) is 5.82 Å². The van der Waals surface area contributed by atoms with Gasteiger partial charge in [0.05, 0.1) is 0 Å². The molecule has 154 valence electrons. The van der Waals surface area contributed by atoms with Crippen molar-refractivity contribution >= 4 is 22.2 Å². The van der Waals surface area contributed by atoms with Gasteiger partial charge in [0, 0.05) is 63.4 Å². The molecule has 3 aromatic rings. The number of anilines is 2. The van der Waals surface area contributed by atoms with E-state index in [-0.39, 0.29) is 5.82 Å². The average molecular weight is 415 g/mol. The lowest BCUT2D eigenvalue weighted by Gasteiger charge is -2.36. The molecule has 0 atom stereocenters. The molecule has 4 rings (SSSR count). The fraction of sp³-hybridized carbons (Fsp3) is 0.429. The largest absolute Gasteiger partial charge is 0.369 e. The van der Waals surface area contributed by atoms with E-state index in [0.717, 1.165) is 61.8 Å². The average Bonchev–Trinajstić information content (AvgIpc) is 3.40. The summed E-state index contributed by atoms with van der Waals surface area (Å²) in [6.07, 6.45) is 2.07. The normalized spacial score (nSPS) is 15.1. The van der Waals surface area contributed by atoms with Gasteiger partial charge in [0.2, 0.25) is 10.3 Å². The third kappa shape index (κ3) is 4.43. The highest BCUT2D eigenvalue weighted by Crippen LogP contribution is 2.25. The van der Waals surface area contributed by atoms with Gasteiger partial charge < -0.3 is 9.80 Å². The monoisotopic (exact) mass is 414 g/mol. The van der Waals surface area contributed by atoms with Crippen LogP contribution in [0.3, 0.4) is 0 Å². The Hall–Kier alpha value is -2.45. The van der Waals surface area contributed by atoms with Crippen LogP contribution in [0.1, 0.15) is 19.5 Å². The minimum Gasteiger partial charge on any atom is -0.369 e. The summed E-state index contributed by atoms with van der Waals surface area (Å²) in [6, 6.07) is 11.0. The highest BCUT2D eigenvalue weighted by atomic mass is 32.1. The standard InChI is InChI=1S/C21H27FN6S/c1-3-26(4-2)20-23-24-21(29-20)28-11-5-6-19(28)16-25-12-14-27(15-13-25)18-9-7-17(22)8-10-18/h5-11H,3-4,12-16H2,1-2H3. The van der Waals surface area contributed by atoms with E-state index < -0.39 is 0 Å². The van der Waals surface area contributed by atoms with E-state index in [1.165, 1.54) is 17.8 Å². The van der Waals surface area contributed by atoms with Gasteiger partial charge in [-0.15, -0.1) is 10.2 Å². The van der Waals surface area contributed by atoms with Gasteiger partial charge in [-0.05, 0) is 50.2 Å². The summed E-state index contributed by atoms with van der Waals surface area (Å²) in [5.41, 5.74) is 2.31. The molecular formula is C21H27FN6S. The molecule has 29 heavy (non-hydrogen) atoms. The van der Waals surface area contributed by atoms with Crippen LogP contribution in [-0.2, 0) is 6.54 Å². The van der Waals surface area contributed by atoms with Crippen molar-refractivity contribution in [2.45, 2.75) is 20.4 Å². The molecule has 0 aliphatic carbocycles. The molecule has 0 saturated carbocycles. The van der Waals surface area contributed by atoms with Gasteiger partial charge in [-0.25, -0.2) is 4.39 Å². The molecule has 0 unspecified atom stereocenters. The maximum absolute atomic E-state index is 13.2. The highest BCUT2D eigenvalue weighted by Gasteiger charge is 2.19. The van der Waals surface area contributed by atoms with Crippen molar-refractivity contribution in [3.8, 4) is 5.13 Å². The van der Waals surface area contributed by atoms with Crippen LogP contribution in [0.4, 0.5) is 15.2 Å². The Balaban J connectivity index is 1.39. The van der Waals surface area contributed by atoms with Crippen LogP contribution >= 0.6 is 11.3 Å². The molecule has 0 amide bonds. The first-order chi connectivity index (χ1) is 14.2. The van der Waals surface area contributed by atoms with Crippen molar-refractivity contribution in [2.24, 2.45) is 0 Å². The molecule has 8 heteroatoms. The van der Waals surface area contributed by atoms with Crippen molar-refractivity contribution in [1.82, 2.24) is 19.7 Å². The summed E-state index contributed by atoms with van der Waals surface area (Å²) < 4.78 is 15.3. The maximum atomic E-state index is 13.2. The zero-order valence-electron chi connectivity index (χ0n) is 17.0. The van der Waals surface area contributed by atoms with E-state index in [1.54, 1.807) is 11.3 Å². The van der Waals surface area contributed by atoms with Gasteiger partial charge >= 0.3 is 0 Å². The van der Waals surface area contributed by atoms with E-state index in [2.05, 4.69) is 61.6 Å². The quantitative estimate of drug-likeness (QED) is 0.590. The van der Waals surface area contributed by atoms with Crippen LogP contribution < -0.4 is 9.80 Å². The van der Waals surface area contributed by atoms with Gasteiger partial charge in [-0.2, -0.15) is 0 Å². The fourth-order valence-electron chi connectivity index (χ4n) is 3.70. The summed E-state index contributed by atoms with van der Waals surface area (Å²) in [6.45, 7) is 10.9. The lowest BCUT2D eigenvalue weighted by molar-refractivity contribution is 0.246. The van der Waals surface area contributed by atoms with Crippen LogP contribution in [0.15, 0.2) is 42.6 Å². The first-order valence-corrected chi connectivity index (χ1v) is 11.0. The van der Waals surface area contributed by atoms with Gasteiger partial charge in [-0.3, -0.25) is 9.47 Å². The van der Waals surface area contributed by atoms with Crippen LogP contribution in [-0.4, -0.2) is 58.9 Å². The van der Waals surface area contributed by atoms with E-state index in [0.29, 0.717) is 0 Å². The summed E-state index contributed by atoms with van der Waals surface area (Å²) in [7, 11) is 0. The van der Waals surface area contributed by atoms with E-state index >= 15 is 0 Å². The second kappa shape index (κ2) is 8.92. The van der Waals surface area contributed by atoms with E-state index in [9.17, 15) is 4.39 Å². The number of nitrogens with zero attached hydrogens (tertiary/aromatic N) is 6. The zero-order valence-corrected chi connectivity index (χ0v) is 17.8. The van der Waals surface area contributed by atoms with Gasteiger partial charge in [0.15, 0.2) is 0 Å². The molecule has 3 heterocycles. The van der Waals surface area contributed by atoms with Gasteiger partial charge in [0.1, 0.15) is 5.82 Å². The molecule has 1 aliphatic heterocycles. The topological polar surface area (TPSA) is 40.4 Å². The van der Waals surface area contributed by atoms with Crippen molar-refractivity contribution < 1.29 is 4.39 Å². The van der Waals surface area contributed by atoms with E-state index in [4.69, 9.17) is 0 Å². The first-order valence-electron chi connectivity index (χ1n) is 10.2. The lowest BCUT2D eigenvalue weighted by atomic mass is 10.2. The summed E-state index contributed by atoms with van der Waals surface area (Å²) >= 11 is 1.63. The Labute approximate surface area is 175 Å². The second-order valence-corrected chi connectivity index (χ2v) is 8.08. The third-order valence-electron chi connectivity index (χ3n) is 5.43. The minimum atomic E-state index is -0.186. The summed E-state index contributed by atoms with van der Waals surface area (Å²) in [5.74, 6) is -0.186. The third-order valence-corrected chi connectivity index (χ3v) is 6.41. The van der Waals surface area contributed by atoms with Crippen molar-refractivity contribution in [3.05, 3.63) is 54.1 Å². The predicted molar refractivity (Wildman–Crippen MR) is 117 cm³/mol. The Morgan fingerprint density at radius 2 is 1.72 bits per heavy atom. The lowest BCUT2D eigenvalue weighted by Crippen LogP contribution is -2.46. The minimum absolute atomic E-state index is 0.186. The molecule has 1 fully saturated rings. The molecule has 6 nitrogen and oxygen atoms in total. The summed E-state index contributed by atoms with van der Waals surface area (Å²) in [5, 5.41) is 10.7. The fourth-order valence-corrected chi connectivity index (χ4v) is 4.69. The SMILES string of the molecule is CCN(CC)c1nnc(-n2cccc2CN2CCN(c3ccc(F)cc3)CC2)s1. The molecule has 0 spiro atoms. The first kappa shape index (κ1) is 19.8. The number of piperazine rings is 1. The predicted octanol–water partition coefficient (Wildman–Crippen LogP) is 3.64. The molecular weight excluding hydrogens is 387 g/mol. The molecule has 0 bridgehead atoms. The number of hydrogen-bond acceptors (Lipinski definition) is 6. The summed E-state index contributed by atoms with van der Waals surface area (Å²) in [4.78, 5) is 6.99.